The molecule has 4 nitrogen and oxygen atoms in total. The van der Waals surface area contributed by atoms with Gasteiger partial charge in [0, 0.05) is 25.5 Å². The normalized spacial score (nSPS) is 24.7. The van der Waals surface area contributed by atoms with E-state index < -0.39 is 6.10 Å². The molecule has 2 N–H and O–H groups in total. The van der Waals surface area contributed by atoms with Gasteiger partial charge in [-0.05, 0) is 17.9 Å². The highest BCUT2D eigenvalue weighted by molar-refractivity contribution is 7.08. The Kier molecular flexibility index (Phi) is 3.28. The summed E-state index contributed by atoms with van der Waals surface area (Å²) in [6.45, 7) is 3.15. The van der Waals surface area contributed by atoms with Gasteiger partial charge in [0.15, 0.2) is 0 Å². The molecule has 1 saturated heterocycles. The van der Waals surface area contributed by atoms with Crippen molar-refractivity contribution < 1.29 is 9.90 Å². The molecular weight excluding hydrogens is 224 g/mol. The summed E-state index contributed by atoms with van der Waals surface area (Å²) in [5.74, 6) is -0.00787. The van der Waals surface area contributed by atoms with Gasteiger partial charge in [-0.2, -0.15) is 11.3 Å². The lowest BCUT2D eigenvalue weighted by Gasteiger charge is -2.26. The smallest absolute Gasteiger partial charge is 0.255 e. The first kappa shape index (κ1) is 11.6. The van der Waals surface area contributed by atoms with E-state index >= 15 is 0 Å². The maximum atomic E-state index is 12.2. The number of carbonyl (C=O) groups is 1. The number of β-amino-alcohol motifs (C(OH)–C–C–N with tert-alkyl or cyclic N) is 1. The van der Waals surface area contributed by atoms with Crippen LogP contribution in [0.3, 0.4) is 0 Å². The van der Waals surface area contributed by atoms with Crippen LogP contribution in [0.25, 0.3) is 0 Å². The number of aliphatic hydroxyl groups excluding tert-OH is 1. The summed E-state index contributed by atoms with van der Waals surface area (Å²) in [7, 11) is 1.75. The monoisotopic (exact) mass is 240 g/mol. The first-order valence-electron chi connectivity index (χ1n) is 5.30. The number of rotatable bonds is 2. The number of thiophene rings is 1. The fourth-order valence-corrected chi connectivity index (χ4v) is 2.79. The number of hydrogen-bond acceptors (Lipinski definition) is 4. The van der Waals surface area contributed by atoms with Crippen LogP contribution in [0, 0.1) is 6.92 Å². The number of aryl methyl sites for hydroxylation is 1. The molecule has 5 heteroatoms. The van der Waals surface area contributed by atoms with Crippen molar-refractivity contribution in [3.63, 3.8) is 0 Å². The molecule has 2 rings (SSSR count). The fourth-order valence-electron chi connectivity index (χ4n) is 1.97. The molecule has 1 amide bonds. The Balaban J connectivity index is 2.13. The van der Waals surface area contributed by atoms with E-state index in [4.69, 9.17) is 0 Å². The number of likely N-dealkylation sites (N-methyl/N-ethyl adjacent to an activating group) is 1. The second-order valence-electron chi connectivity index (χ2n) is 4.18. The summed E-state index contributed by atoms with van der Waals surface area (Å²) in [5, 5.41) is 16.6. The molecule has 1 aliphatic rings. The zero-order valence-corrected chi connectivity index (χ0v) is 10.3. The van der Waals surface area contributed by atoms with Gasteiger partial charge in [-0.15, -0.1) is 0 Å². The average Bonchev–Trinajstić information content (AvgIpc) is 2.85. The Morgan fingerprint density at radius 3 is 2.81 bits per heavy atom. The van der Waals surface area contributed by atoms with Gasteiger partial charge in [-0.3, -0.25) is 4.79 Å². The van der Waals surface area contributed by atoms with Crippen molar-refractivity contribution in [3.8, 4) is 0 Å². The van der Waals surface area contributed by atoms with Gasteiger partial charge in [-0.25, -0.2) is 0 Å². The minimum Gasteiger partial charge on any atom is -0.390 e. The minimum absolute atomic E-state index is 0.00787. The molecule has 88 valence electrons. The van der Waals surface area contributed by atoms with Crippen molar-refractivity contribution in [2.75, 3.05) is 20.1 Å². The molecule has 1 aromatic rings. The van der Waals surface area contributed by atoms with Crippen LogP contribution in [-0.4, -0.2) is 48.2 Å². The van der Waals surface area contributed by atoms with Crippen LogP contribution in [0.15, 0.2) is 10.8 Å². The molecule has 0 spiro atoms. The largest absolute Gasteiger partial charge is 0.390 e. The summed E-state index contributed by atoms with van der Waals surface area (Å²) < 4.78 is 0. The Morgan fingerprint density at radius 1 is 1.56 bits per heavy atom. The van der Waals surface area contributed by atoms with E-state index in [1.165, 1.54) is 11.3 Å². The molecule has 0 bridgehead atoms. The van der Waals surface area contributed by atoms with Gasteiger partial charge < -0.3 is 15.3 Å². The van der Waals surface area contributed by atoms with Gasteiger partial charge in [-0.1, -0.05) is 0 Å². The Bertz CT molecular complexity index is 391. The molecule has 2 heterocycles. The van der Waals surface area contributed by atoms with E-state index in [0.29, 0.717) is 13.1 Å². The summed E-state index contributed by atoms with van der Waals surface area (Å²) in [6.07, 6.45) is -0.465. The third-order valence-electron chi connectivity index (χ3n) is 3.05. The summed E-state index contributed by atoms with van der Waals surface area (Å²) in [6, 6.07) is -0.119. The van der Waals surface area contributed by atoms with Gasteiger partial charge in [0.05, 0.1) is 17.7 Å². The molecule has 1 fully saturated rings. The highest BCUT2D eigenvalue weighted by atomic mass is 32.1. The fraction of sp³-hybridized carbons (Fsp3) is 0.545. The van der Waals surface area contributed by atoms with E-state index in [0.717, 1.165) is 11.1 Å². The minimum atomic E-state index is -0.465. The van der Waals surface area contributed by atoms with Crippen molar-refractivity contribution in [1.29, 1.82) is 0 Å². The first-order chi connectivity index (χ1) is 7.61. The van der Waals surface area contributed by atoms with Crippen molar-refractivity contribution in [1.82, 2.24) is 10.2 Å². The van der Waals surface area contributed by atoms with Gasteiger partial charge in [0.2, 0.25) is 0 Å². The molecule has 1 aromatic heterocycles. The van der Waals surface area contributed by atoms with Crippen LogP contribution >= 0.6 is 11.3 Å². The number of nitrogens with one attached hydrogen (secondary N) is 1. The lowest BCUT2D eigenvalue weighted by molar-refractivity contribution is 0.0581. The van der Waals surface area contributed by atoms with Crippen LogP contribution in [0.1, 0.15) is 15.9 Å². The third kappa shape index (κ3) is 1.98. The van der Waals surface area contributed by atoms with E-state index in [1.54, 1.807) is 11.9 Å². The van der Waals surface area contributed by atoms with E-state index in [1.807, 2.05) is 17.7 Å². The number of carbonyl (C=O) groups excluding carboxylic acids is 1. The summed E-state index contributed by atoms with van der Waals surface area (Å²) in [4.78, 5) is 13.8. The van der Waals surface area contributed by atoms with Crippen LogP contribution in [0.2, 0.25) is 0 Å². The number of amides is 1. The molecule has 0 radical (unpaired) electrons. The topological polar surface area (TPSA) is 52.6 Å². The molecule has 0 aromatic carbocycles. The predicted octanol–water partition coefficient (Wildman–Crippen LogP) is 0.461. The SMILES string of the molecule is Cc1cscc1C(=O)N(C)[C@@H]1CNC[C@H]1O. The van der Waals surface area contributed by atoms with Crippen LogP contribution in [0.4, 0.5) is 0 Å². The van der Waals surface area contributed by atoms with E-state index in [9.17, 15) is 9.90 Å². The standard InChI is InChI=1S/C11H16N2O2S/c1-7-5-16-6-8(7)11(15)13(2)9-3-12-4-10(9)14/h5-6,9-10,12,14H,3-4H2,1-2H3/t9-,10-/m1/s1. The van der Waals surface area contributed by atoms with Crippen molar-refractivity contribution in [3.05, 3.63) is 21.9 Å². The number of nitrogens with zero attached hydrogens (tertiary/aromatic N) is 1. The average molecular weight is 240 g/mol. The molecule has 16 heavy (non-hydrogen) atoms. The number of hydrogen-bond donors (Lipinski definition) is 2. The second kappa shape index (κ2) is 4.53. The predicted molar refractivity (Wildman–Crippen MR) is 63.8 cm³/mol. The zero-order chi connectivity index (χ0) is 11.7. The molecule has 0 unspecified atom stereocenters. The summed E-state index contributed by atoms with van der Waals surface area (Å²) in [5.41, 5.74) is 1.74. The van der Waals surface area contributed by atoms with Gasteiger partial charge >= 0.3 is 0 Å². The van der Waals surface area contributed by atoms with Crippen molar-refractivity contribution in [2.24, 2.45) is 0 Å². The molecule has 2 atom stereocenters. The molecular formula is C11H16N2O2S. The Labute approximate surface area is 98.9 Å². The lowest BCUT2D eigenvalue weighted by atomic mass is 10.1. The van der Waals surface area contributed by atoms with Gasteiger partial charge in [0.25, 0.3) is 5.91 Å². The third-order valence-corrected chi connectivity index (χ3v) is 3.92. The van der Waals surface area contributed by atoms with Crippen LogP contribution < -0.4 is 5.32 Å². The van der Waals surface area contributed by atoms with Gasteiger partial charge in [0.1, 0.15) is 0 Å². The quantitative estimate of drug-likeness (QED) is 0.789. The van der Waals surface area contributed by atoms with Crippen molar-refractivity contribution >= 4 is 17.2 Å². The van der Waals surface area contributed by atoms with E-state index in [2.05, 4.69) is 5.32 Å². The lowest BCUT2D eigenvalue weighted by Crippen LogP contribution is -2.44. The first-order valence-corrected chi connectivity index (χ1v) is 6.24. The molecule has 0 aliphatic carbocycles. The summed E-state index contributed by atoms with van der Waals surface area (Å²) >= 11 is 1.53. The Hall–Kier alpha value is -0.910. The van der Waals surface area contributed by atoms with Crippen LogP contribution in [-0.2, 0) is 0 Å². The molecule has 1 aliphatic heterocycles. The second-order valence-corrected chi connectivity index (χ2v) is 4.92. The highest BCUT2D eigenvalue weighted by Gasteiger charge is 2.31. The maximum Gasteiger partial charge on any atom is 0.255 e. The number of aliphatic hydroxyl groups is 1. The Morgan fingerprint density at radius 2 is 2.31 bits per heavy atom. The van der Waals surface area contributed by atoms with Crippen LogP contribution in [0.5, 0.6) is 0 Å². The molecule has 0 saturated carbocycles. The zero-order valence-electron chi connectivity index (χ0n) is 9.43. The maximum absolute atomic E-state index is 12.2. The highest BCUT2D eigenvalue weighted by Crippen LogP contribution is 2.18. The van der Waals surface area contributed by atoms with E-state index in [-0.39, 0.29) is 11.9 Å². The van der Waals surface area contributed by atoms with Crippen molar-refractivity contribution in [2.45, 2.75) is 19.1 Å².